The van der Waals surface area contributed by atoms with Gasteiger partial charge in [-0.05, 0) is 18.1 Å². The highest BCUT2D eigenvalue weighted by Gasteiger charge is 2.07. The Kier molecular flexibility index (Phi) is 5.88. The molecule has 0 saturated carbocycles. The zero-order chi connectivity index (χ0) is 13.5. The summed E-state index contributed by atoms with van der Waals surface area (Å²) in [7, 11) is 0. The van der Waals surface area contributed by atoms with Crippen LogP contribution < -0.4 is 5.32 Å². The summed E-state index contributed by atoms with van der Waals surface area (Å²) in [6.07, 6.45) is 3.76. The van der Waals surface area contributed by atoms with Crippen molar-refractivity contribution in [2.45, 2.75) is 19.8 Å². The number of aromatic nitrogens is 1. The lowest BCUT2D eigenvalue weighted by Gasteiger charge is -2.08. The number of allylic oxidation sites excluding steroid dienone is 1. The molecule has 0 radical (unpaired) electrons. The molecule has 1 aromatic heterocycles. The minimum absolute atomic E-state index is 0.224. The summed E-state index contributed by atoms with van der Waals surface area (Å²) in [6, 6.07) is 1.65. The third kappa shape index (κ3) is 4.89. The molecule has 0 bridgehead atoms. The topological polar surface area (TPSA) is 68.1 Å². The van der Waals surface area contributed by atoms with Gasteiger partial charge in [0.1, 0.15) is 5.15 Å². The van der Waals surface area contributed by atoms with Crippen LogP contribution in [0.15, 0.2) is 24.2 Å². The quantitative estimate of drug-likeness (QED) is 0.496. The van der Waals surface area contributed by atoms with Crippen molar-refractivity contribution < 1.29 is 4.92 Å². The van der Waals surface area contributed by atoms with Gasteiger partial charge in [0, 0.05) is 19.2 Å². The molecule has 1 rings (SSSR count). The third-order valence-corrected chi connectivity index (χ3v) is 2.80. The Hall–Kier alpha value is -1.33. The Labute approximate surface area is 115 Å². The van der Waals surface area contributed by atoms with Crippen molar-refractivity contribution in [3.8, 4) is 0 Å². The van der Waals surface area contributed by atoms with Crippen LogP contribution in [-0.4, -0.2) is 16.5 Å². The van der Waals surface area contributed by atoms with E-state index in [1.165, 1.54) is 0 Å². The summed E-state index contributed by atoms with van der Waals surface area (Å²) in [5.74, 6) is 0. The molecule has 1 N–H and O–H groups in total. The minimum atomic E-state index is -0.483. The van der Waals surface area contributed by atoms with Gasteiger partial charge in [0.15, 0.2) is 0 Å². The van der Waals surface area contributed by atoms with Gasteiger partial charge in [-0.2, -0.15) is 0 Å². The van der Waals surface area contributed by atoms with Crippen LogP contribution in [-0.2, 0) is 6.42 Å². The van der Waals surface area contributed by atoms with Gasteiger partial charge in [0.2, 0.25) is 0 Å². The molecule has 0 spiro atoms. The van der Waals surface area contributed by atoms with Gasteiger partial charge >= 0.3 is 0 Å². The number of rotatable bonds is 6. The standard InChI is InChI=1S/C11H13Cl2N3O2/c1-2-3-14-9(7-16(17)18)4-8-5-10(12)11(13)15-6-8/h5-7,14H,2-4H2,1H3. The first-order chi connectivity index (χ1) is 8.52. The number of halogens is 2. The molecule has 18 heavy (non-hydrogen) atoms. The number of nitrogens with zero attached hydrogens (tertiary/aromatic N) is 2. The fourth-order valence-corrected chi connectivity index (χ4v) is 1.64. The maximum atomic E-state index is 10.5. The normalized spacial score (nSPS) is 11.4. The molecule has 5 nitrogen and oxygen atoms in total. The van der Waals surface area contributed by atoms with E-state index in [2.05, 4.69) is 10.3 Å². The van der Waals surface area contributed by atoms with Crippen molar-refractivity contribution in [1.82, 2.24) is 10.3 Å². The Morgan fingerprint density at radius 2 is 2.33 bits per heavy atom. The fraction of sp³-hybridized carbons (Fsp3) is 0.364. The van der Waals surface area contributed by atoms with Gasteiger partial charge in [-0.25, -0.2) is 4.98 Å². The van der Waals surface area contributed by atoms with Crippen LogP contribution in [0, 0.1) is 10.1 Å². The summed E-state index contributed by atoms with van der Waals surface area (Å²) in [5, 5.41) is 14.1. The Morgan fingerprint density at radius 3 is 2.89 bits per heavy atom. The fourth-order valence-electron chi connectivity index (χ4n) is 1.34. The van der Waals surface area contributed by atoms with Crippen LogP contribution in [0.25, 0.3) is 0 Å². The molecule has 1 heterocycles. The smallest absolute Gasteiger partial charge is 0.253 e. The van der Waals surface area contributed by atoms with Crippen LogP contribution in [0.5, 0.6) is 0 Å². The first-order valence-electron chi connectivity index (χ1n) is 5.41. The summed E-state index contributed by atoms with van der Waals surface area (Å²) in [6.45, 7) is 2.66. The molecular weight excluding hydrogens is 277 g/mol. The van der Waals surface area contributed by atoms with Gasteiger partial charge < -0.3 is 5.32 Å². The molecule has 7 heteroatoms. The second-order valence-electron chi connectivity index (χ2n) is 3.66. The van der Waals surface area contributed by atoms with E-state index in [0.29, 0.717) is 23.7 Å². The van der Waals surface area contributed by atoms with Gasteiger partial charge in [-0.1, -0.05) is 30.1 Å². The molecule has 0 fully saturated rings. The summed E-state index contributed by atoms with van der Waals surface area (Å²) < 4.78 is 0. The Bertz CT molecular complexity index is 464. The lowest BCUT2D eigenvalue weighted by molar-refractivity contribution is -0.403. The molecule has 98 valence electrons. The molecule has 0 atom stereocenters. The van der Waals surface area contributed by atoms with Crippen LogP contribution >= 0.6 is 23.2 Å². The molecule has 1 aromatic rings. The molecule has 0 unspecified atom stereocenters. The predicted molar refractivity (Wildman–Crippen MR) is 71.3 cm³/mol. The molecule has 0 saturated heterocycles. The van der Waals surface area contributed by atoms with Crippen molar-refractivity contribution in [2.24, 2.45) is 0 Å². The maximum Gasteiger partial charge on any atom is 0.253 e. The SMILES string of the molecule is CCCNC(=C[N+](=O)[O-])Cc1cnc(Cl)c(Cl)c1. The van der Waals surface area contributed by atoms with Crippen molar-refractivity contribution >= 4 is 23.2 Å². The van der Waals surface area contributed by atoms with E-state index in [9.17, 15) is 10.1 Å². The van der Waals surface area contributed by atoms with Gasteiger partial charge in [0.25, 0.3) is 6.20 Å². The van der Waals surface area contributed by atoms with Gasteiger partial charge in [0.05, 0.1) is 15.6 Å². The summed E-state index contributed by atoms with van der Waals surface area (Å²) in [4.78, 5) is 13.9. The van der Waals surface area contributed by atoms with Crippen LogP contribution in [0.1, 0.15) is 18.9 Å². The molecular formula is C11H13Cl2N3O2. The molecule has 0 aliphatic rings. The second kappa shape index (κ2) is 7.18. The highest BCUT2D eigenvalue weighted by atomic mass is 35.5. The minimum Gasteiger partial charge on any atom is -0.383 e. The monoisotopic (exact) mass is 289 g/mol. The van der Waals surface area contributed by atoms with Crippen LogP contribution in [0.3, 0.4) is 0 Å². The van der Waals surface area contributed by atoms with Crippen molar-refractivity contribution in [1.29, 1.82) is 0 Å². The third-order valence-electron chi connectivity index (χ3n) is 2.11. The Balaban J connectivity index is 2.82. The highest BCUT2D eigenvalue weighted by Crippen LogP contribution is 2.20. The maximum absolute atomic E-state index is 10.5. The lowest BCUT2D eigenvalue weighted by atomic mass is 10.1. The lowest BCUT2D eigenvalue weighted by Crippen LogP contribution is -2.17. The van der Waals surface area contributed by atoms with Crippen molar-refractivity contribution in [2.75, 3.05) is 6.54 Å². The van der Waals surface area contributed by atoms with E-state index in [4.69, 9.17) is 23.2 Å². The second-order valence-corrected chi connectivity index (χ2v) is 4.42. The number of nitrogens with one attached hydrogen (secondary N) is 1. The number of nitro groups is 1. The molecule has 0 amide bonds. The van der Waals surface area contributed by atoms with Crippen LogP contribution in [0.2, 0.25) is 10.2 Å². The molecule has 0 aromatic carbocycles. The zero-order valence-corrected chi connectivity index (χ0v) is 11.3. The van der Waals surface area contributed by atoms with E-state index >= 15 is 0 Å². The largest absolute Gasteiger partial charge is 0.383 e. The average molecular weight is 290 g/mol. The predicted octanol–water partition coefficient (Wildman–Crippen LogP) is 3.05. The van der Waals surface area contributed by atoms with Gasteiger partial charge in [-0.15, -0.1) is 0 Å². The number of hydrogen-bond acceptors (Lipinski definition) is 4. The van der Waals surface area contributed by atoms with E-state index in [-0.39, 0.29) is 5.15 Å². The number of hydrogen-bond donors (Lipinski definition) is 1. The van der Waals surface area contributed by atoms with E-state index in [1.54, 1.807) is 12.3 Å². The summed E-state index contributed by atoms with van der Waals surface area (Å²) in [5.41, 5.74) is 1.28. The van der Waals surface area contributed by atoms with E-state index in [0.717, 1.165) is 18.2 Å². The van der Waals surface area contributed by atoms with E-state index < -0.39 is 4.92 Å². The molecule has 0 aliphatic heterocycles. The number of pyridine rings is 1. The van der Waals surface area contributed by atoms with E-state index in [1.807, 2.05) is 6.92 Å². The Morgan fingerprint density at radius 1 is 1.61 bits per heavy atom. The summed E-state index contributed by atoms with van der Waals surface area (Å²) >= 11 is 11.5. The van der Waals surface area contributed by atoms with Gasteiger partial charge in [-0.3, -0.25) is 10.1 Å². The zero-order valence-electron chi connectivity index (χ0n) is 9.82. The van der Waals surface area contributed by atoms with Crippen molar-refractivity contribution in [3.63, 3.8) is 0 Å². The van der Waals surface area contributed by atoms with Crippen LogP contribution in [0.4, 0.5) is 0 Å². The first kappa shape index (κ1) is 14.7. The van der Waals surface area contributed by atoms with Crippen molar-refractivity contribution in [3.05, 3.63) is 50.0 Å². The molecule has 0 aliphatic carbocycles. The first-order valence-corrected chi connectivity index (χ1v) is 6.16. The highest BCUT2D eigenvalue weighted by molar-refractivity contribution is 6.41. The average Bonchev–Trinajstić information content (AvgIpc) is 2.30.